The van der Waals surface area contributed by atoms with Gasteiger partial charge < -0.3 is 14.4 Å². The van der Waals surface area contributed by atoms with Crippen LogP contribution in [-0.4, -0.2) is 26.8 Å². The number of hydrogen-bond donors (Lipinski definition) is 0. The molecule has 2 rings (SSSR count). The van der Waals surface area contributed by atoms with Gasteiger partial charge in [-0.05, 0) is 37.6 Å². The Balaban J connectivity index is 1.85. The lowest BCUT2D eigenvalue weighted by Gasteiger charge is -2.21. The van der Waals surface area contributed by atoms with Gasteiger partial charge in [0.15, 0.2) is 0 Å². The molecule has 2 aromatic carbocycles. The SMILES string of the molecule is CCCN(C)c1ccccc1OCCOc1ccc(C)cc1. The summed E-state index contributed by atoms with van der Waals surface area (Å²) in [6.45, 7) is 6.33. The molecule has 0 fully saturated rings. The normalized spacial score (nSPS) is 10.3. The lowest BCUT2D eigenvalue weighted by atomic mass is 10.2. The van der Waals surface area contributed by atoms with E-state index in [1.165, 1.54) is 5.56 Å². The van der Waals surface area contributed by atoms with Crippen LogP contribution in [0.25, 0.3) is 0 Å². The van der Waals surface area contributed by atoms with Crippen LogP contribution < -0.4 is 14.4 Å². The van der Waals surface area contributed by atoms with Crippen LogP contribution >= 0.6 is 0 Å². The van der Waals surface area contributed by atoms with Crippen LogP contribution in [0, 0.1) is 6.92 Å². The molecule has 0 N–H and O–H groups in total. The summed E-state index contributed by atoms with van der Waals surface area (Å²) < 4.78 is 11.6. The first-order valence-corrected chi connectivity index (χ1v) is 7.83. The summed E-state index contributed by atoms with van der Waals surface area (Å²) >= 11 is 0. The van der Waals surface area contributed by atoms with Crippen LogP contribution in [0.1, 0.15) is 18.9 Å². The van der Waals surface area contributed by atoms with Crippen LogP contribution in [0.5, 0.6) is 11.5 Å². The molecule has 0 bridgehead atoms. The van der Waals surface area contributed by atoms with Crippen molar-refractivity contribution in [3.8, 4) is 11.5 Å². The summed E-state index contributed by atoms with van der Waals surface area (Å²) in [4.78, 5) is 2.22. The van der Waals surface area contributed by atoms with E-state index >= 15 is 0 Å². The molecule has 118 valence electrons. The van der Waals surface area contributed by atoms with Crippen LogP contribution in [0.2, 0.25) is 0 Å². The average molecular weight is 299 g/mol. The van der Waals surface area contributed by atoms with Crippen LogP contribution in [-0.2, 0) is 0 Å². The summed E-state index contributed by atoms with van der Waals surface area (Å²) in [6, 6.07) is 16.2. The zero-order valence-electron chi connectivity index (χ0n) is 13.7. The third-order valence-electron chi connectivity index (χ3n) is 3.47. The van der Waals surface area contributed by atoms with Crippen molar-refractivity contribution in [3.05, 3.63) is 54.1 Å². The standard InChI is InChI=1S/C19H25NO2/c1-4-13-20(3)18-7-5-6-8-19(18)22-15-14-21-17-11-9-16(2)10-12-17/h5-12H,4,13-15H2,1-3H3. The average Bonchev–Trinajstić information content (AvgIpc) is 2.54. The minimum Gasteiger partial charge on any atom is -0.490 e. The third kappa shape index (κ3) is 4.69. The highest BCUT2D eigenvalue weighted by atomic mass is 16.5. The van der Waals surface area contributed by atoms with Crippen molar-refractivity contribution in [2.24, 2.45) is 0 Å². The fourth-order valence-corrected chi connectivity index (χ4v) is 2.30. The highest BCUT2D eigenvalue weighted by Gasteiger charge is 2.07. The molecule has 0 aromatic heterocycles. The van der Waals surface area contributed by atoms with E-state index < -0.39 is 0 Å². The molecule has 0 radical (unpaired) electrons. The second-order valence-electron chi connectivity index (χ2n) is 5.40. The summed E-state index contributed by atoms with van der Waals surface area (Å²) in [5, 5.41) is 0. The van der Waals surface area contributed by atoms with Gasteiger partial charge in [-0.15, -0.1) is 0 Å². The topological polar surface area (TPSA) is 21.7 Å². The minimum absolute atomic E-state index is 0.533. The van der Waals surface area contributed by atoms with Crippen molar-refractivity contribution in [1.29, 1.82) is 0 Å². The number of ether oxygens (including phenoxy) is 2. The first kappa shape index (κ1) is 16.2. The molecule has 0 aliphatic rings. The summed E-state index contributed by atoms with van der Waals surface area (Å²) in [5.41, 5.74) is 2.36. The van der Waals surface area contributed by atoms with Gasteiger partial charge in [0, 0.05) is 13.6 Å². The van der Waals surface area contributed by atoms with Crippen molar-refractivity contribution in [3.63, 3.8) is 0 Å². The van der Waals surface area contributed by atoms with Crippen LogP contribution in [0.4, 0.5) is 5.69 Å². The predicted octanol–water partition coefficient (Wildman–Crippen LogP) is 4.30. The summed E-state index contributed by atoms with van der Waals surface area (Å²) in [7, 11) is 2.09. The fourth-order valence-electron chi connectivity index (χ4n) is 2.30. The number of nitrogens with zero attached hydrogens (tertiary/aromatic N) is 1. The van der Waals surface area contributed by atoms with E-state index in [4.69, 9.17) is 9.47 Å². The first-order chi connectivity index (χ1) is 10.7. The number of para-hydroxylation sites is 2. The van der Waals surface area contributed by atoms with E-state index in [0.29, 0.717) is 13.2 Å². The summed E-state index contributed by atoms with van der Waals surface area (Å²) in [5.74, 6) is 1.79. The Hall–Kier alpha value is -2.16. The van der Waals surface area contributed by atoms with E-state index in [1.54, 1.807) is 0 Å². The quantitative estimate of drug-likeness (QED) is 0.678. The molecule has 0 amide bonds. The lowest BCUT2D eigenvalue weighted by Crippen LogP contribution is -2.19. The minimum atomic E-state index is 0.533. The maximum atomic E-state index is 5.88. The third-order valence-corrected chi connectivity index (χ3v) is 3.47. The van der Waals surface area contributed by atoms with E-state index in [-0.39, 0.29) is 0 Å². The monoisotopic (exact) mass is 299 g/mol. The van der Waals surface area contributed by atoms with Gasteiger partial charge in [0.05, 0.1) is 5.69 Å². The van der Waals surface area contributed by atoms with Gasteiger partial charge in [-0.2, -0.15) is 0 Å². The van der Waals surface area contributed by atoms with Crippen molar-refractivity contribution in [1.82, 2.24) is 0 Å². The van der Waals surface area contributed by atoms with Crippen molar-refractivity contribution in [2.75, 3.05) is 31.7 Å². The van der Waals surface area contributed by atoms with Gasteiger partial charge in [-0.3, -0.25) is 0 Å². The molecule has 0 saturated carbocycles. The van der Waals surface area contributed by atoms with Gasteiger partial charge >= 0.3 is 0 Å². The number of anilines is 1. The Morgan fingerprint density at radius 3 is 2.32 bits per heavy atom. The molecule has 0 aliphatic heterocycles. The van der Waals surface area contributed by atoms with Gasteiger partial charge in [0.1, 0.15) is 24.7 Å². The number of aryl methyl sites for hydroxylation is 1. The van der Waals surface area contributed by atoms with Gasteiger partial charge in [0.25, 0.3) is 0 Å². The number of rotatable bonds is 8. The van der Waals surface area contributed by atoms with Crippen LogP contribution in [0.15, 0.2) is 48.5 Å². The Morgan fingerprint density at radius 2 is 1.59 bits per heavy atom. The maximum Gasteiger partial charge on any atom is 0.142 e. The molecule has 0 saturated heterocycles. The molecule has 2 aromatic rings. The van der Waals surface area contributed by atoms with Crippen molar-refractivity contribution >= 4 is 5.69 Å². The molecular formula is C19H25NO2. The van der Waals surface area contributed by atoms with E-state index in [1.807, 2.05) is 42.5 Å². The highest BCUT2D eigenvalue weighted by molar-refractivity contribution is 5.57. The molecule has 0 spiro atoms. The second-order valence-corrected chi connectivity index (χ2v) is 5.40. The lowest BCUT2D eigenvalue weighted by molar-refractivity contribution is 0.217. The smallest absolute Gasteiger partial charge is 0.142 e. The number of benzene rings is 2. The van der Waals surface area contributed by atoms with E-state index in [2.05, 4.69) is 31.9 Å². The molecule has 0 aliphatic carbocycles. The molecule has 3 heteroatoms. The number of hydrogen-bond acceptors (Lipinski definition) is 3. The van der Waals surface area contributed by atoms with E-state index in [9.17, 15) is 0 Å². The largest absolute Gasteiger partial charge is 0.490 e. The fraction of sp³-hybridized carbons (Fsp3) is 0.368. The molecular weight excluding hydrogens is 274 g/mol. The molecule has 0 unspecified atom stereocenters. The highest BCUT2D eigenvalue weighted by Crippen LogP contribution is 2.27. The first-order valence-electron chi connectivity index (χ1n) is 7.83. The molecule has 3 nitrogen and oxygen atoms in total. The van der Waals surface area contributed by atoms with Gasteiger partial charge in [-0.25, -0.2) is 0 Å². The van der Waals surface area contributed by atoms with Gasteiger partial charge in [-0.1, -0.05) is 36.8 Å². The Kier molecular flexibility index (Phi) is 6.13. The van der Waals surface area contributed by atoms with Gasteiger partial charge in [0.2, 0.25) is 0 Å². The predicted molar refractivity (Wildman–Crippen MR) is 92.2 cm³/mol. The Labute approximate surface area is 133 Å². The second kappa shape index (κ2) is 8.32. The van der Waals surface area contributed by atoms with Crippen molar-refractivity contribution in [2.45, 2.75) is 20.3 Å². The molecule has 0 atom stereocenters. The van der Waals surface area contributed by atoms with E-state index in [0.717, 1.165) is 30.2 Å². The maximum absolute atomic E-state index is 5.88. The van der Waals surface area contributed by atoms with Crippen LogP contribution in [0.3, 0.4) is 0 Å². The molecule has 22 heavy (non-hydrogen) atoms. The Bertz CT molecular complexity index is 566. The molecule has 0 heterocycles. The summed E-state index contributed by atoms with van der Waals surface area (Å²) in [6.07, 6.45) is 1.11. The zero-order chi connectivity index (χ0) is 15.8. The van der Waals surface area contributed by atoms with Crippen molar-refractivity contribution < 1.29 is 9.47 Å². The Morgan fingerprint density at radius 1 is 0.909 bits per heavy atom. The zero-order valence-corrected chi connectivity index (χ0v) is 13.7.